The third-order valence-electron chi connectivity index (χ3n) is 7.33. The Hall–Kier alpha value is -6.33. The summed E-state index contributed by atoms with van der Waals surface area (Å²) >= 11 is 0. The highest BCUT2D eigenvalue weighted by Gasteiger charge is 2.32. The van der Waals surface area contributed by atoms with E-state index in [0.29, 0.717) is 0 Å². The molecule has 0 radical (unpaired) electrons. The van der Waals surface area contributed by atoms with Gasteiger partial charge in [-0.15, -0.1) is 30.6 Å². The van der Waals surface area contributed by atoms with Crippen LogP contribution in [0.15, 0.2) is 104 Å². The largest absolute Gasteiger partial charge is 0.416 e. The summed E-state index contributed by atoms with van der Waals surface area (Å²) in [5.41, 5.74) is -1.46. The lowest BCUT2D eigenvalue weighted by Crippen LogP contribution is -2.03. The molecule has 7 aromatic rings. The van der Waals surface area contributed by atoms with E-state index in [9.17, 15) is 39.5 Å². The van der Waals surface area contributed by atoms with Gasteiger partial charge in [0.25, 0.3) is 0 Å². The van der Waals surface area contributed by atoms with Crippen molar-refractivity contribution in [3.05, 3.63) is 108 Å². The highest BCUT2D eigenvalue weighted by molar-refractivity contribution is 5.74. The molecule has 0 atom stereocenters. The lowest BCUT2D eigenvalue weighted by atomic mass is 10.1. The van der Waals surface area contributed by atoms with Crippen LogP contribution in [0.25, 0.3) is 68.7 Å². The minimum Gasteiger partial charge on any atom is -0.416 e. The SMILES string of the molecule is FC(F)(F)c1ccc(-c2nnc(-c3cc(-c4nnc(-c5ccc(C(F)(F)F)cc5)o4)cc(-c4nnc(-c5ccc(C(F)(F)F)cc5)o4)c3)o2)cc1. The Morgan fingerprint density at radius 2 is 0.490 bits per heavy atom. The molecule has 7 rings (SSSR count). The standard InChI is InChI=1S/C33H15F9N6O3/c34-31(35,36)22-7-1-16(2-8-22)25-43-46-28(49-25)19-13-20(29-47-44-26(50-29)17-3-9-23(10-4-17)32(37,38)39)15-21(14-19)30-48-45-27(51-30)18-5-11-24(12-6-18)33(40,41)42/h1-15H. The van der Waals surface area contributed by atoms with Gasteiger partial charge in [-0.05, 0) is 91.0 Å². The molecule has 0 unspecified atom stereocenters. The van der Waals surface area contributed by atoms with Crippen LogP contribution in [-0.4, -0.2) is 30.6 Å². The van der Waals surface area contributed by atoms with Crippen LogP contribution in [0, 0.1) is 0 Å². The van der Waals surface area contributed by atoms with Crippen molar-refractivity contribution in [2.24, 2.45) is 0 Å². The summed E-state index contributed by atoms with van der Waals surface area (Å²) in [6.07, 6.45) is -13.7. The molecule has 0 aliphatic carbocycles. The second kappa shape index (κ2) is 12.2. The molecule has 3 heterocycles. The highest BCUT2D eigenvalue weighted by Crippen LogP contribution is 2.37. The predicted octanol–water partition coefficient (Wildman–Crippen LogP) is 9.89. The van der Waals surface area contributed by atoms with E-state index < -0.39 is 35.2 Å². The van der Waals surface area contributed by atoms with Crippen molar-refractivity contribution in [1.29, 1.82) is 0 Å². The Kier molecular flexibility index (Phi) is 7.95. The van der Waals surface area contributed by atoms with Gasteiger partial charge in [0.05, 0.1) is 16.7 Å². The predicted molar refractivity (Wildman–Crippen MR) is 158 cm³/mol. The van der Waals surface area contributed by atoms with Crippen LogP contribution in [0.2, 0.25) is 0 Å². The second-order valence-electron chi connectivity index (χ2n) is 10.8. The molecule has 0 spiro atoms. The first-order chi connectivity index (χ1) is 24.1. The molecular weight excluding hydrogens is 699 g/mol. The molecule has 0 saturated heterocycles. The number of alkyl halides is 9. The van der Waals surface area contributed by atoms with Crippen LogP contribution in [0.5, 0.6) is 0 Å². The fourth-order valence-electron chi connectivity index (χ4n) is 4.77. The first-order valence-electron chi connectivity index (χ1n) is 14.3. The Morgan fingerprint density at radius 1 is 0.294 bits per heavy atom. The molecular formula is C33H15F9N6O3. The van der Waals surface area contributed by atoms with Crippen LogP contribution >= 0.6 is 0 Å². The third kappa shape index (κ3) is 6.92. The molecule has 258 valence electrons. The van der Waals surface area contributed by atoms with Crippen molar-refractivity contribution in [1.82, 2.24) is 30.6 Å². The van der Waals surface area contributed by atoms with Gasteiger partial charge in [0.15, 0.2) is 0 Å². The van der Waals surface area contributed by atoms with Gasteiger partial charge in [-0.1, -0.05) is 0 Å². The lowest BCUT2D eigenvalue weighted by molar-refractivity contribution is -0.138. The van der Waals surface area contributed by atoms with Gasteiger partial charge in [-0.25, -0.2) is 0 Å². The average Bonchev–Trinajstić information content (AvgIpc) is 3.89. The summed E-state index contributed by atoms with van der Waals surface area (Å²) in [7, 11) is 0. The summed E-state index contributed by atoms with van der Waals surface area (Å²) in [5.74, 6) is -0.685. The number of aromatic nitrogens is 6. The van der Waals surface area contributed by atoms with E-state index >= 15 is 0 Å². The molecule has 0 N–H and O–H groups in total. The van der Waals surface area contributed by atoms with Gasteiger partial charge in [0.1, 0.15) is 0 Å². The molecule has 0 saturated carbocycles. The average molecular weight is 715 g/mol. The first-order valence-corrected chi connectivity index (χ1v) is 14.3. The first kappa shape index (κ1) is 33.2. The highest BCUT2D eigenvalue weighted by atomic mass is 19.4. The molecule has 0 fully saturated rings. The maximum atomic E-state index is 13.0. The molecule has 0 aliphatic heterocycles. The van der Waals surface area contributed by atoms with Crippen molar-refractivity contribution >= 4 is 0 Å². The minimum atomic E-state index is -4.56. The van der Waals surface area contributed by atoms with Gasteiger partial charge in [-0.3, -0.25) is 0 Å². The zero-order valence-corrected chi connectivity index (χ0v) is 25.0. The summed E-state index contributed by atoms with van der Waals surface area (Å²) in [6, 6.07) is 16.5. The number of hydrogen-bond donors (Lipinski definition) is 0. The normalized spacial score (nSPS) is 12.4. The van der Waals surface area contributed by atoms with E-state index in [1.54, 1.807) is 0 Å². The van der Waals surface area contributed by atoms with Crippen molar-refractivity contribution < 1.29 is 52.8 Å². The summed E-state index contributed by atoms with van der Waals surface area (Å²) in [5, 5.41) is 23.8. The van der Waals surface area contributed by atoms with Crippen LogP contribution in [0.3, 0.4) is 0 Å². The van der Waals surface area contributed by atoms with E-state index in [0.717, 1.165) is 72.8 Å². The van der Waals surface area contributed by atoms with Crippen molar-refractivity contribution in [3.63, 3.8) is 0 Å². The molecule has 4 aromatic carbocycles. The summed E-state index contributed by atoms with van der Waals surface area (Å²) < 4.78 is 135. The number of rotatable bonds is 6. The zero-order chi connectivity index (χ0) is 36.1. The van der Waals surface area contributed by atoms with Gasteiger partial charge in [-0.2, -0.15) is 39.5 Å². The third-order valence-corrected chi connectivity index (χ3v) is 7.33. The molecule has 0 aliphatic rings. The van der Waals surface area contributed by atoms with Crippen LogP contribution < -0.4 is 0 Å². The number of hydrogen-bond acceptors (Lipinski definition) is 9. The van der Waals surface area contributed by atoms with E-state index in [1.165, 1.54) is 18.2 Å². The van der Waals surface area contributed by atoms with Crippen molar-refractivity contribution in [3.8, 4) is 68.7 Å². The van der Waals surface area contributed by atoms with E-state index in [-0.39, 0.29) is 68.7 Å². The number of halogens is 9. The van der Waals surface area contributed by atoms with Gasteiger partial charge < -0.3 is 13.3 Å². The number of benzene rings is 4. The fourth-order valence-corrected chi connectivity index (χ4v) is 4.77. The molecule has 0 bridgehead atoms. The lowest BCUT2D eigenvalue weighted by Gasteiger charge is -2.06. The molecule has 0 amide bonds. The molecule has 51 heavy (non-hydrogen) atoms. The maximum absolute atomic E-state index is 13.0. The van der Waals surface area contributed by atoms with E-state index in [1.807, 2.05) is 0 Å². The molecule has 3 aromatic heterocycles. The fraction of sp³-hybridized carbons (Fsp3) is 0.0909. The van der Waals surface area contributed by atoms with Crippen LogP contribution in [0.4, 0.5) is 39.5 Å². The quantitative estimate of drug-likeness (QED) is 0.155. The Bertz CT molecular complexity index is 2050. The summed E-state index contributed by atoms with van der Waals surface area (Å²) in [6.45, 7) is 0. The summed E-state index contributed by atoms with van der Waals surface area (Å²) in [4.78, 5) is 0. The van der Waals surface area contributed by atoms with Crippen LogP contribution in [-0.2, 0) is 18.5 Å². The Labute approximate surface area is 278 Å². The van der Waals surface area contributed by atoms with Crippen molar-refractivity contribution in [2.45, 2.75) is 18.5 Å². The smallest absolute Gasteiger partial charge is 0.416 e. The molecule has 18 heteroatoms. The topological polar surface area (TPSA) is 117 Å². The van der Waals surface area contributed by atoms with Crippen LogP contribution in [0.1, 0.15) is 16.7 Å². The Balaban J connectivity index is 1.26. The monoisotopic (exact) mass is 714 g/mol. The maximum Gasteiger partial charge on any atom is 0.416 e. The minimum absolute atomic E-state index is 0.113. The van der Waals surface area contributed by atoms with Crippen molar-refractivity contribution in [2.75, 3.05) is 0 Å². The molecule has 9 nitrogen and oxygen atoms in total. The number of nitrogens with zero attached hydrogens (tertiary/aromatic N) is 6. The zero-order valence-electron chi connectivity index (χ0n) is 25.0. The van der Waals surface area contributed by atoms with E-state index in [4.69, 9.17) is 13.3 Å². The Morgan fingerprint density at radius 3 is 0.686 bits per heavy atom. The van der Waals surface area contributed by atoms with Gasteiger partial charge in [0.2, 0.25) is 35.3 Å². The van der Waals surface area contributed by atoms with E-state index in [2.05, 4.69) is 30.6 Å². The second-order valence-corrected chi connectivity index (χ2v) is 10.8. The van der Waals surface area contributed by atoms with Gasteiger partial charge in [0, 0.05) is 33.4 Å². The van der Waals surface area contributed by atoms with Gasteiger partial charge >= 0.3 is 18.5 Å².